The summed E-state index contributed by atoms with van der Waals surface area (Å²) in [6, 6.07) is 1.69. The van der Waals surface area contributed by atoms with Gasteiger partial charge in [0.15, 0.2) is 0 Å². The van der Waals surface area contributed by atoms with Crippen molar-refractivity contribution in [3.05, 3.63) is 18.5 Å². The molecule has 2 saturated heterocycles. The third kappa shape index (κ3) is 4.43. The van der Waals surface area contributed by atoms with Crippen molar-refractivity contribution >= 4 is 23.7 Å². The molecule has 1 unspecified atom stereocenters. The van der Waals surface area contributed by atoms with Gasteiger partial charge in [-0.3, -0.25) is 19.7 Å². The number of hydrogen-bond donors (Lipinski definition) is 1. The van der Waals surface area contributed by atoms with Gasteiger partial charge in [0.05, 0.1) is 5.92 Å². The van der Waals surface area contributed by atoms with Crippen LogP contribution in [0.15, 0.2) is 18.5 Å². The van der Waals surface area contributed by atoms with Crippen molar-refractivity contribution in [3.63, 3.8) is 0 Å². The fourth-order valence-corrected chi connectivity index (χ4v) is 3.72. The summed E-state index contributed by atoms with van der Waals surface area (Å²) in [6.45, 7) is 7.50. The predicted octanol–water partition coefficient (Wildman–Crippen LogP) is 1.30. The molecule has 0 spiro atoms. The lowest BCUT2D eigenvalue weighted by molar-refractivity contribution is -0.138. The average molecular weight is 373 g/mol. The highest BCUT2D eigenvalue weighted by Gasteiger charge is 2.41. The largest absolute Gasteiger partial charge is 0.342 e. The highest BCUT2D eigenvalue weighted by molar-refractivity contribution is 5.92. The lowest BCUT2D eigenvalue weighted by Crippen LogP contribution is -2.46. The molecule has 0 radical (unpaired) electrons. The number of nitrogens with one attached hydrogen (secondary N) is 1. The Hall–Kier alpha value is -2.51. The Kier molecular flexibility index (Phi) is 5.43. The number of anilines is 1. The van der Waals surface area contributed by atoms with Crippen LogP contribution < -0.4 is 5.32 Å². The Morgan fingerprint density at radius 1 is 1.11 bits per heavy atom. The molecule has 2 fully saturated rings. The number of amides is 3. The summed E-state index contributed by atoms with van der Waals surface area (Å²) in [4.78, 5) is 49.0. The average Bonchev–Trinajstić information content (AvgIpc) is 3.04. The highest BCUT2D eigenvalue weighted by atomic mass is 16.2. The molecule has 3 rings (SSSR count). The number of likely N-dealkylation sites (tertiary alicyclic amines) is 2. The van der Waals surface area contributed by atoms with Crippen LogP contribution in [0.2, 0.25) is 0 Å². The monoisotopic (exact) mass is 373 g/mol. The lowest BCUT2D eigenvalue weighted by atomic mass is 9.94. The number of carbonyl (C=O) groups excluding carboxylic acids is 3. The fourth-order valence-electron chi connectivity index (χ4n) is 3.72. The van der Waals surface area contributed by atoms with Crippen LogP contribution in [0.3, 0.4) is 0 Å². The van der Waals surface area contributed by atoms with E-state index in [1.165, 1.54) is 0 Å². The zero-order valence-corrected chi connectivity index (χ0v) is 16.1. The van der Waals surface area contributed by atoms with Gasteiger partial charge in [0.1, 0.15) is 0 Å². The maximum Gasteiger partial charge on any atom is 0.229 e. The van der Waals surface area contributed by atoms with Crippen molar-refractivity contribution in [3.8, 4) is 0 Å². The van der Waals surface area contributed by atoms with Crippen LogP contribution in [0.5, 0.6) is 0 Å². The van der Waals surface area contributed by atoms with Crippen molar-refractivity contribution in [2.45, 2.75) is 45.6 Å². The van der Waals surface area contributed by atoms with E-state index in [4.69, 9.17) is 0 Å². The topological polar surface area (TPSA) is 95.5 Å². The second-order valence-corrected chi connectivity index (χ2v) is 8.24. The van der Waals surface area contributed by atoms with Crippen molar-refractivity contribution in [2.75, 3.05) is 25.0 Å². The normalized spacial score (nSPS) is 21.4. The molecule has 146 valence electrons. The van der Waals surface area contributed by atoms with Gasteiger partial charge < -0.3 is 9.80 Å². The molecular formula is C19H27N5O3. The quantitative estimate of drug-likeness (QED) is 0.862. The van der Waals surface area contributed by atoms with Gasteiger partial charge in [-0.15, -0.1) is 0 Å². The molecule has 2 aliphatic rings. The number of rotatable bonds is 3. The zero-order valence-electron chi connectivity index (χ0n) is 16.1. The van der Waals surface area contributed by atoms with E-state index in [1.807, 2.05) is 20.8 Å². The predicted molar refractivity (Wildman–Crippen MR) is 99.5 cm³/mol. The van der Waals surface area contributed by atoms with Gasteiger partial charge in [-0.25, -0.2) is 9.97 Å². The molecule has 0 bridgehead atoms. The van der Waals surface area contributed by atoms with E-state index in [0.29, 0.717) is 38.4 Å². The van der Waals surface area contributed by atoms with Gasteiger partial charge in [-0.2, -0.15) is 0 Å². The van der Waals surface area contributed by atoms with Crippen LogP contribution in [0, 0.1) is 11.8 Å². The summed E-state index contributed by atoms with van der Waals surface area (Å²) in [5.74, 6) is -0.178. The summed E-state index contributed by atoms with van der Waals surface area (Å²) in [5, 5.41) is 2.72. The molecule has 27 heavy (non-hydrogen) atoms. The Morgan fingerprint density at radius 3 is 2.30 bits per heavy atom. The molecular weight excluding hydrogens is 346 g/mol. The number of hydrogen-bond acceptors (Lipinski definition) is 5. The number of piperidine rings is 1. The third-order valence-electron chi connectivity index (χ3n) is 5.26. The Morgan fingerprint density at radius 2 is 1.74 bits per heavy atom. The van der Waals surface area contributed by atoms with E-state index in [2.05, 4.69) is 15.3 Å². The molecule has 1 aromatic heterocycles. The van der Waals surface area contributed by atoms with Crippen molar-refractivity contribution in [1.82, 2.24) is 19.8 Å². The van der Waals surface area contributed by atoms with E-state index in [0.717, 1.165) is 0 Å². The smallest absolute Gasteiger partial charge is 0.229 e. The standard InChI is InChI=1S/C19H27N5O3/c1-19(2,3)24-12-14(11-15(24)25)17(27)23-9-5-13(6-10-23)16(26)22-18-20-7-4-8-21-18/h4,7-8,13-14H,5-6,9-12H2,1-3H3,(H,20,21,22,26). The second kappa shape index (κ2) is 7.62. The number of aromatic nitrogens is 2. The van der Waals surface area contributed by atoms with Crippen LogP contribution in [-0.4, -0.2) is 62.7 Å². The zero-order chi connectivity index (χ0) is 19.6. The van der Waals surface area contributed by atoms with Gasteiger partial charge in [0.25, 0.3) is 0 Å². The first-order valence-electron chi connectivity index (χ1n) is 9.43. The van der Waals surface area contributed by atoms with Crippen LogP contribution in [0.1, 0.15) is 40.0 Å². The summed E-state index contributed by atoms with van der Waals surface area (Å²) in [7, 11) is 0. The third-order valence-corrected chi connectivity index (χ3v) is 5.26. The van der Waals surface area contributed by atoms with E-state index in [9.17, 15) is 14.4 Å². The molecule has 0 saturated carbocycles. The second-order valence-electron chi connectivity index (χ2n) is 8.24. The van der Waals surface area contributed by atoms with Crippen molar-refractivity contribution < 1.29 is 14.4 Å². The minimum absolute atomic E-state index is 0.0281. The molecule has 1 atom stereocenters. The van der Waals surface area contributed by atoms with Crippen LogP contribution in [0.25, 0.3) is 0 Å². The van der Waals surface area contributed by atoms with Crippen molar-refractivity contribution in [2.24, 2.45) is 11.8 Å². The van der Waals surface area contributed by atoms with Crippen molar-refractivity contribution in [1.29, 1.82) is 0 Å². The van der Waals surface area contributed by atoms with Crippen LogP contribution in [0.4, 0.5) is 5.95 Å². The minimum atomic E-state index is -0.278. The number of carbonyl (C=O) groups is 3. The first kappa shape index (κ1) is 19.3. The summed E-state index contributed by atoms with van der Waals surface area (Å²) in [5.41, 5.74) is -0.267. The Bertz CT molecular complexity index is 708. The summed E-state index contributed by atoms with van der Waals surface area (Å²) in [6.07, 6.45) is 4.64. The van der Waals surface area contributed by atoms with Gasteiger partial charge in [-0.05, 0) is 39.7 Å². The SMILES string of the molecule is CC(C)(C)N1CC(C(=O)N2CCC(C(=O)Nc3ncccn3)CC2)CC1=O. The Labute approximate surface area is 159 Å². The first-order chi connectivity index (χ1) is 12.8. The minimum Gasteiger partial charge on any atom is -0.342 e. The molecule has 0 aromatic carbocycles. The molecule has 3 amide bonds. The molecule has 8 heteroatoms. The molecule has 2 aliphatic heterocycles. The van der Waals surface area contributed by atoms with E-state index in [1.54, 1.807) is 28.3 Å². The maximum atomic E-state index is 12.8. The molecule has 0 aliphatic carbocycles. The van der Waals surface area contributed by atoms with E-state index >= 15 is 0 Å². The van der Waals surface area contributed by atoms with Gasteiger partial charge in [0, 0.05) is 49.9 Å². The van der Waals surface area contributed by atoms with E-state index in [-0.39, 0.29) is 41.5 Å². The molecule has 8 nitrogen and oxygen atoms in total. The fraction of sp³-hybridized carbons (Fsp3) is 0.632. The summed E-state index contributed by atoms with van der Waals surface area (Å²) >= 11 is 0. The number of nitrogens with zero attached hydrogens (tertiary/aromatic N) is 4. The highest BCUT2D eigenvalue weighted by Crippen LogP contribution is 2.28. The lowest BCUT2D eigenvalue weighted by Gasteiger charge is -2.34. The van der Waals surface area contributed by atoms with Gasteiger partial charge in [-0.1, -0.05) is 0 Å². The summed E-state index contributed by atoms with van der Waals surface area (Å²) < 4.78 is 0. The Balaban J connectivity index is 1.51. The van der Waals surface area contributed by atoms with Crippen LogP contribution >= 0.6 is 0 Å². The van der Waals surface area contributed by atoms with Gasteiger partial charge in [0.2, 0.25) is 23.7 Å². The molecule has 1 aromatic rings. The van der Waals surface area contributed by atoms with Gasteiger partial charge >= 0.3 is 0 Å². The molecule has 3 heterocycles. The van der Waals surface area contributed by atoms with E-state index < -0.39 is 0 Å². The maximum absolute atomic E-state index is 12.8. The first-order valence-corrected chi connectivity index (χ1v) is 9.43. The van der Waals surface area contributed by atoms with Crippen LogP contribution in [-0.2, 0) is 14.4 Å². The molecule has 1 N–H and O–H groups in total.